The highest BCUT2D eigenvalue weighted by Crippen LogP contribution is 2.23. The van der Waals surface area contributed by atoms with E-state index in [1.54, 1.807) is 0 Å². The molecule has 2 aliphatic rings. The average molecular weight is 238 g/mol. The van der Waals surface area contributed by atoms with Gasteiger partial charge in [-0.1, -0.05) is 33.1 Å². The summed E-state index contributed by atoms with van der Waals surface area (Å²) in [6.45, 7) is 8.58. The zero-order valence-corrected chi connectivity index (χ0v) is 11.8. The number of piperidine rings is 1. The predicted octanol–water partition coefficient (Wildman–Crippen LogP) is 3.03. The van der Waals surface area contributed by atoms with E-state index in [9.17, 15) is 0 Å². The van der Waals surface area contributed by atoms with Gasteiger partial charge in [0.1, 0.15) is 0 Å². The lowest BCUT2D eigenvalue weighted by molar-refractivity contribution is 0.133. The van der Waals surface area contributed by atoms with E-state index in [2.05, 4.69) is 24.1 Å². The van der Waals surface area contributed by atoms with Crippen LogP contribution in [0.15, 0.2) is 0 Å². The monoisotopic (exact) mass is 238 g/mol. The Bertz CT molecular complexity index is 211. The summed E-state index contributed by atoms with van der Waals surface area (Å²) in [5.74, 6) is 0.925. The number of nitrogens with one attached hydrogen (secondary N) is 1. The van der Waals surface area contributed by atoms with Crippen molar-refractivity contribution >= 4 is 0 Å². The number of hydrogen-bond acceptors (Lipinski definition) is 2. The zero-order chi connectivity index (χ0) is 12.1. The molecule has 1 N–H and O–H groups in total. The van der Waals surface area contributed by atoms with Crippen molar-refractivity contribution in [2.75, 3.05) is 19.6 Å². The van der Waals surface area contributed by atoms with Crippen molar-refractivity contribution in [2.45, 2.75) is 70.9 Å². The summed E-state index contributed by atoms with van der Waals surface area (Å²) in [5, 5.41) is 3.93. The van der Waals surface area contributed by atoms with Crippen molar-refractivity contribution in [1.82, 2.24) is 10.2 Å². The van der Waals surface area contributed by atoms with Crippen LogP contribution in [0, 0.1) is 5.92 Å². The van der Waals surface area contributed by atoms with Gasteiger partial charge in [0.25, 0.3) is 0 Å². The molecule has 1 saturated carbocycles. The van der Waals surface area contributed by atoms with Gasteiger partial charge in [-0.25, -0.2) is 0 Å². The Hall–Kier alpha value is -0.0800. The van der Waals surface area contributed by atoms with Crippen LogP contribution in [0.4, 0.5) is 0 Å². The summed E-state index contributed by atoms with van der Waals surface area (Å²) in [4.78, 5) is 2.68. The fourth-order valence-corrected chi connectivity index (χ4v) is 3.64. The van der Waals surface area contributed by atoms with Gasteiger partial charge in [0.2, 0.25) is 0 Å². The molecule has 0 radical (unpaired) electrons. The quantitative estimate of drug-likeness (QED) is 0.792. The highest BCUT2D eigenvalue weighted by atomic mass is 15.2. The van der Waals surface area contributed by atoms with Gasteiger partial charge < -0.3 is 10.2 Å². The predicted molar refractivity (Wildman–Crippen MR) is 74.3 cm³/mol. The van der Waals surface area contributed by atoms with Crippen LogP contribution in [0.2, 0.25) is 0 Å². The van der Waals surface area contributed by atoms with Gasteiger partial charge in [-0.2, -0.15) is 0 Å². The van der Waals surface area contributed by atoms with Crippen LogP contribution in [0.1, 0.15) is 58.8 Å². The second kappa shape index (κ2) is 6.75. The fourth-order valence-electron chi connectivity index (χ4n) is 3.64. The third-order valence-electron chi connectivity index (χ3n) is 4.56. The maximum atomic E-state index is 3.93. The van der Waals surface area contributed by atoms with Gasteiger partial charge >= 0.3 is 0 Å². The van der Waals surface area contributed by atoms with E-state index in [0.29, 0.717) is 0 Å². The van der Waals surface area contributed by atoms with E-state index in [4.69, 9.17) is 0 Å². The maximum absolute atomic E-state index is 3.93. The summed E-state index contributed by atoms with van der Waals surface area (Å²) >= 11 is 0. The first kappa shape index (κ1) is 13.4. The van der Waals surface area contributed by atoms with Crippen molar-refractivity contribution in [3.05, 3.63) is 0 Å². The van der Waals surface area contributed by atoms with Crippen molar-refractivity contribution in [1.29, 1.82) is 0 Å². The van der Waals surface area contributed by atoms with Crippen LogP contribution >= 0.6 is 0 Å². The van der Waals surface area contributed by atoms with Crippen molar-refractivity contribution in [2.24, 2.45) is 5.92 Å². The topological polar surface area (TPSA) is 15.3 Å². The largest absolute Gasteiger partial charge is 0.310 e. The highest BCUT2D eigenvalue weighted by molar-refractivity contribution is 4.86. The van der Waals surface area contributed by atoms with E-state index in [1.807, 2.05) is 0 Å². The van der Waals surface area contributed by atoms with Gasteiger partial charge in [0, 0.05) is 25.2 Å². The molecule has 1 aliphatic carbocycles. The first-order valence-electron chi connectivity index (χ1n) is 7.80. The van der Waals surface area contributed by atoms with Crippen LogP contribution in [0.5, 0.6) is 0 Å². The van der Waals surface area contributed by atoms with Gasteiger partial charge in [-0.3, -0.25) is 0 Å². The lowest BCUT2D eigenvalue weighted by Gasteiger charge is -2.39. The molecule has 0 amide bonds. The Morgan fingerprint density at radius 1 is 1.06 bits per heavy atom. The molecule has 0 aromatic carbocycles. The Morgan fingerprint density at radius 3 is 2.47 bits per heavy atom. The summed E-state index contributed by atoms with van der Waals surface area (Å²) in [6.07, 6.45) is 9.78. The molecule has 100 valence electrons. The van der Waals surface area contributed by atoms with E-state index >= 15 is 0 Å². The number of nitrogens with zero attached hydrogens (tertiary/aromatic N) is 1. The molecule has 2 fully saturated rings. The first-order chi connectivity index (χ1) is 8.31. The number of likely N-dealkylation sites (tertiary alicyclic amines) is 1. The Kier molecular flexibility index (Phi) is 5.30. The molecule has 2 nitrogen and oxygen atoms in total. The van der Waals surface area contributed by atoms with Crippen LogP contribution in [-0.2, 0) is 0 Å². The molecule has 0 aromatic rings. The number of rotatable bonds is 5. The molecule has 2 unspecified atom stereocenters. The lowest BCUT2D eigenvalue weighted by Crippen LogP contribution is -2.51. The molecule has 17 heavy (non-hydrogen) atoms. The van der Waals surface area contributed by atoms with Crippen molar-refractivity contribution < 1.29 is 0 Å². The minimum atomic E-state index is 0.767. The maximum Gasteiger partial charge on any atom is 0.0200 e. The lowest BCUT2D eigenvalue weighted by atomic mass is 9.91. The molecule has 0 spiro atoms. The molecule has 1 aliphatic heterocycles. The molecule has 1 heterocycles. The molecular weight excluding hydrogens is 208 g/mol. The smallest absolute Gasteiger partial charge is 0.0200 e. The van der Waals surface area contributed by atoms with Crippen LogP contribution in [-0.4, -0.2) is 36.6 Å². The van der Waals surface area contributed by atoms with E-state index in [-0.39, 0.29) is 0 Å². The van der Waals surface area contributed by atoms with Gasteiger partial charge in [-0.15, -0.1) is 0 Å². The van der Waals surface area contributed by atoms with Gasteiger partial charge in [0.15, 0.2) is 0 Å². The SMILES string of the molecule is CCCN1CC(CC)CC(NC2CCCC2)C1. The Morgan fingerprint density at radius 2 is 1.82 bits per heavy atom. The van der Waals surface area contributed by atoms with E-state index in [1.165, 1.54) is 64.6 Å². The first-order valence-corrected chi connectivity index (χ1v) is 7.80. The van der Waals surface area contributed by atoms with E-state index < -0.39 is 0 Å². The summed E-state index contributed by atoms with van der Waals surface area (Å²) in [7, 11) is 0. The van der Waals surface area contributed by atoms with Crippen molar-refractivity contribution in [3.63, 3.8) is 0 Å². The van der Waals surface area contributed by atoms with Crippen molar-refractivity contribution in [3.8, 4) is 0 Å². The molecule has 2 heteroatoms. The van der Waals surface area contributed by atoms with Gasteiger partial charge in [-0.05, 0) is 38.1 Å². The number of hydrogen-bond donors (Lipinski definition) is 1. The van der Waals surface area contributed by atoms with Crippen LogP contribution < -0.4 is 5.32 Å². The fraction of sp³-hybridized carbons (Fsp3) is 1.00. The van der Waals surface area contributed by atoms with E-state index in [0.717, 1.165) is 18.0 Å². The standard InChI is InChI=1S/C15H30N2/c1-3-9-17-11-13(4-2)10-15(12-17)16-14-7-5-6-8-14/h13-16H,3-12H2,1-2H3. The third kappa shape index (κ3) is 3.96. The molecule has 0 bridgehead atoms. The minimum absolute atomic E-state index is 0.767. The zero-order valence-electron chi connectivity index (χ0n) is 11.8. The Labute approximate surface area is 107 Å². The summed E-state index contributed by atoms with van der Waals surface area (Å²) < 4.78 is 0. The second-order valence-electron chi connectivity index (χ2n) is 6.11. The molecular formula is C15H30N2. The molecule has 1 saturated heterocycles. The van der Waals surface area contributed by atoms with Crippen LogP contribution in [0.25, 0.3) is 0 Å². The minimum Gasteiger partial charge on any atom is -0.310 e. The summed E-state index contributed by atoms with van der Waals surface area (Å²) in [6, 6.07) is 1.60. The van der Waals surface area contributed by atoms with Gasteiger partial charge in [0.05, 0.1) is 0 Å². The molecule has 2 rings (SSSR count). The average Bonchev–Trinajstić information content (AvgIpc) is 2.82. The highest BCUT2D eigenvalue weighted by Gasteiger charge is 2.27. The second-order valence-corrected chi connectivity index (χ2v) is 6.11. The van der Waals surface area contributed by atoms with Crippen LogP contribution in [0.3, 0.4) is 0 Å². The molecule has 0 aromatic heterocycles. The molecule has 2 atom stereocenters. The third-order valence-corrected chi connectivity index (χ3v) is 4.56. The Balaban J connectivity index is 1.82. The summed E-state index contributed by atoms with van der Waals surface area (Å²) in [5.41, 5.74) is 0. The normalized spacial score (nSPS) is 32.1.